The van der Waals surface area contributed by atoms with Gasteiger partial charge in [0.25, 0.3) is 0 Å². The van der Waals surface area contributed by atoms with E-state index in [0.29, 0.717) is 39.3 Å². The van der Waals surface area contributed by atoms with Crippen molar-refractivity contribution in [3.8, 4) is 0 Å². The molecule has 0 unspecified atom stereocenters. The third-order valence-corrected chi connectivity index (χ3v) is 4.95. The first kappa shape index (κ1) is 21.8. The van der Waals surface area contributed by atoms with Gasteiger partial charge in [-0.3, -0.25) is 4.79 Å². The SMILES string of the molecule is CCNC(=NCc1cccc(CN2CCCC2=O)c1)NCCOCc1ccccc1. The number of hydrogen-bond acceptors (Lipinski definition) is 3. The molecule has 0 aliphatic carbocycles. The summed E-state index contributed by atoms with van der Waals surface area (Å²) < 4.78 is 5.72. The molecule has 3 rings (SSSR count). The number of hydrogen-bond donors (Lipinski definition) is 2. The smallest absolute Gasteiger partial charge is 0.222 e. The van der Waals surface area contributed by atoms with Gasteiger partial charge in [0.15, 0.2) is 5.96 Å². The molecular weight excluding hydrogens is 376 g/mol. The second-order valence-electron chi connectivity index (χ2n) is 7.40. The summed E-state index contributed by atoms with van der Waals surface area (Å²) in [6.45, 7) is 6.90. The van der Waals surface area contributed by atoms with Crippen LogP contribution in [0.3, 0.4) is 0 Å². The first-order chi connectivity index (χ1) is 14.7. The van der Waals surface area contributed by atoms with E-state index >= 15 is 0 Å². The van der Waals surface area contributed by atoms with Gasteiger partial charge in [-0.2, -0.15) is 0 Å². The predicted molar refractivity (Wildman–Crippen MR) is 120 cm³/mol. The molecule has 2 aromatic rings. The Balaban J connectivity index is 1.45. The Labute approximate surface area is 179 Å². The number of guanidine groups is 1. The quantitative estimate of drug-likeness (QED) is 0.360. The van der Waals surface area contributed by atoms with Crippen molar-refractivity contribution in [2.24, 2.45) is 4.99 Å². The topological polar surface area (TPSA) is 66.0 Å². The number of carbonyl (C=O) groups excluding carboxylic acids is 1. The van der Waals surface area contributed by atoms with Gasteiger partial charge in [0.1, 0.15) is 0 Å². The lowest BCUT2D eigenvalue weighted by Crippen LogP contribution is -2.38. The number of rotatable bonds is 10. The maximum Gasteiger partial charge on any atom is 0.222 e. The van der Waals surface area contributed by atoms with Crippen molar-refractivity contribution >= 4 is 11.9 Å². The maximum absolute atomic E-state index is 11.9. The minimum Gasteiger partial charge on any atom is -0.375 e. The molecule has 1 aliphatic rings. The summed E-state index contributed by atoms with van der Waals surface area (Å²) in [7, 11) is 0. The zero-order valence-electron chi connectivity index (χ0n) is 17.8. The number of aliphatic imine (C=N–C) groups is 1. The molecule has 0 radical (unpaired) electrons. The van der Waals surface area contributed by atoms with Crippen LogP contribution in [0.2, 0.25) is 0 Å². The Morgan fingerprint density at radius 1 is 1.07 bits per heavy atom. The van der Waals surface area contributed by atoms with E-state index in [9.17, 15) is 4.79 Å². The van der Waals surface area contributed by atoms with Crippen LogP contribution in [0.5, 0.6) is 0 Å². The van der Waals surface area contributed by atoms with Gasteiger partial charge < -0.3 is 20.3 Å². The van der Waals surface area contributed by atoms with E-state index in [4.69, 9.17) is 4.74 Å². The number of nitrogens with zero attached hydrogens (tertiary/aromatic N) is 2. The van der Waals surface area contributed by atoms with E-state index in [-0.39, 0.29) is 5.91 Å². The number of likely N-dealkylation sites (tertiary alicyclic amines) is 1. The zero-order chi connectivity index (χ0) is 21.0. The molecule has 160 valence electrons. The number of carbonyl (C=O) groups is 1. The normalized spacial score (nSPS) is 14.2. The van der Waals surface area contributed by atoms with Crippen LogP contribution in [0.1, 0.15) is 36.5 Å². The summed E-state index contributed by atoms with van der Waals surface area (Å²) in [4.78, 5) is 18.5. The van der Waals surface area contributed by atoms with Crippen LogP contribution in [0, 0.1) is 0 Å². The van der Waals surface area contributed by atoms with Crippen molar-refractivity contribution in [3.05, 3.63) is 71.3 Å². The Bertz CT molecular complexity index is 823. The fraction of sp³-hybridized carbons (Fsp3) is 0.417. The van der Waals surface area contributed by atoms with Gasteiger partial charge in [-0.1, -0.05) is 54.6 Å². The molecule has 6 nitrogen and oxygen atoms in total. The summed E-state index contributed by atoms with van der Waals surface area (Å²) in [6.07, 6.45) is 1.65. The fourth-order valence-corrected chi connectivity index (χ4v) is 3.44. The Kier molecular flexibility index (Phi) is 8.72. The first-order valence-corrected chi connectivity index (χ1v) is 10.7. The molecule has 30 heavy (non-hydrogen) atoms. The molecule has 0 bridgehead atoms. The Morgan fingerprint density at radius 3 is 2.63 bits per heavy atom. The molecule has 1 aliphatic heterocycles. The third kappa shape index (κ3) is 7.19. The van der Waals surface area contributed by atoms with Crippen molar-refractivity contribution in [2.45, 2.75) is 39.5 Å². The summed E-state index contributed by atoms with van der Waals surface area (Å²) in [5, 5.41) is 6.59. The number of benzene rings is 2. The fourth-order valence-electron chi connectivity index (χ4n) is 3.44. The van der Waals surface area contributed by atoms with E-state index in [1.54, 1.807) is 0 Å². The van der Waals surface area contributed by atoms with Gasteiger partial charge in [0, 0.05) is 32.6 Å². The molecule has 1 saturated heterocycles. The van der Waals surface area contributed by atoms with Crippen LogP contribution in [0.25, 0.3) is 0 Å². The molecule has 1 fully saturated rings. The standard InChI is InChI=1S/C24H32N4O2/c1-2-25-24(26-13-15-30-19-20-8-4-3-5-9-20)27-17-21-10-6-11-22(16-21)18-28-14-7-12-23(28)29/h3-6,8-11,16H,2,7,12-15,17-19H2,1H3,(H2,25,26,27). The largest absolute Gasteiger partial charge is 0.375 e. The highest BCUT2D eigenvalue weighted by Crippen LogP contribution is 2.15. The lowest BCUT2D eigenvalue weighted by atomic mass is 10.1. The van der Waals surface area contributed by atoms with Crippen molar-refractivity contribution < 1.29 is 9.53 Å². The van der Waals surface area contributed by atoms with Crippen LogP contribution in [0.4, 0.5) is 0 Å². The Morgan fingerprint density at radius 2 is 1.87 bits per heavy atom. The summed E-state index contributed by atoms with van der Waals surface area (Å²) in [6, 6.07) is 18.5. The highest BCUT2D eigenvalue weighted by atomic mass is 16.5. The molecule has 2 N–H and O–H groups in total. The minimum absolute atomic E-state index is 0.256. The molecule has 1 amide bonds. The van der Waals surface area contributed by atoms with E-state index in [1.807, 2.05) is 29.2 Å². The summed E-state index contributed by atoms with van der Waals surface area (Å²) in [5.41, 5.74) is 3.47. The summed E-state index contributed by atoms with van der Waals surface area (Å²) in [5.74, 6) is 1.03. The summed E-state index contributed by atoms with van der Waals surface area (Å²) >= 11 is 0. The first-order valence-electron chi connectivity index (χ1n) is 10.7. The van der Waals surface area contributed by atoms with Gasteiger partial charge in [0.05, 0.1) is 19.8 Å². The van der Waals surface area contributed by atoms with E-state index in [1.165, 1.54) is 5.56 Å². The average Bonchev–Trinajstić information content (AvgIpc) is 3.17. The van der Waals surface area contributed by atoms with E-state index in [0.717, 1.165) is 36.6 Å². The second kappa shape index (κ2) is 12.0. The third-order valence-electron chi connectivity index (χ3n) is 4.95. The monoisotopic (exact) mass is 408 g/mol. The molecule has 0 saturated carbocycles. The van der Waals surface area contributed by atoms with Crippen LogP contribution >= 0.6 is 0 Å². The molecule has 2 aromatic carbocycles. The highest BCUT2D eigenvalue weighted by Gasteiger charge is 2.19. The van der Waals surface area contributed by atoms with Gasteiger partial charge in [-0.15, -0.1) is 0 Å². The van der Waals surface area contributed by atoms with Crippen LogP contribution in [0.15, 0.2) is 59.6 Å². The van der Waals surface area contributed by atoms with Crippen LogP contribution in [-0.4, -0.2) is 43.0 Å². The lowest BCUT2D eigenvalue weighted by Gasteiger charge is -2.16. The minimum atomic E-state index is 0.256. The van der Waals surface area contributed by atoms with Gasteiger partial charge in [-0.05, 0) is 30.0 Å². The van der Waals surface area contributed by atoms with Gasteiger partial charge in [0.2, 0.25) is 5.91 Å². The van der Waals surface area contributed by atoms with Crippen molar-refractivity contribution in [2.75, 3.05) is 26.2 Å². The van der Waals surface area contributed by atoms with Crippen LogP contribution in [-0.2, 0) is 29.2 Å². The number of amides is 1. The Hall–Kier alpha value is -2.86. The van der Waals surface area contributed by atoms with E-state index < -0.39 is 0 Å². The van der Waals surface area contributed by atoms with Crippen molar-refractivity contribution in [1.82, 2.24) is 15.5 Å². The van der Waals surface area contributed by atoms with Crippen molar-refractivity contribution in [3.63, 3.8) is 0 Å². The second-order valence-corrected chi connectivity index (χ2v) is 7.40. The van der Waals surface area contributed by atoms with Gasteiger partial charge >= 0.3 is 0 Å². The predicted octanol–water partition coefficient (Wildman–Crippen LogP) is 3.08. The average molecular weight is 409 g/mol. The molecule has 0 aromatic heterocycles. The zero-order valence-corrected chi connectivity index (χ0v) is 17.8. The maximum atomic E-state index is 11.9. The molecule has 0 spiro atoms. The van der Waals surface area contributed by atoms with Gasteiger partial charge in [-0.25, -0.2) is 4.99 Å². The number of ether oxygens (including phenoxy) is 1. The number of nitrogens with one attached hydrogen (secondary N) is 2. The lowest BCUT2D eigenvalue weighted by molar-refractivity contribution is -0.128. The highest BCUT2D eigenvalue weighted by molar-refractivity contribution is 5.79. The molecule has 1 heterocycles. The molecular formula is C24H32N4O2. The van der Waals surface area contributed by atoms with Crippen molar-refractivity contribution in [1.29, 1.82) is 0 Å². The van der Waals surface area contributed by atoms with E-state index in [2.05, 4.69) is 52.9 Å². The van der Waals surface area contributed by atoms with Crippen LogP contribution < -0.4 is 10.6 Å². The molecule has 6 heteroatoms. The molecule has 0 atom stereocenters.